The van der Waals surface area contributed by atoms with Gasteiger partial charge in [0.25, 0.3) is 5.91 Å². The van der Waals surface area contributed by atoms with Crippen LogP contribution in [-0.4, -0.2) is 22.1 Å². The summed E-state index contributed by atoms with van der Waals surface area (Å²) in [5.74, 6) is -0.809. The van der Waals surface area contributed by atoms with Crippen molar-refractivity contribution in [3.8, 4) is 5.75 Å². The van der Waals surface area contributed by atoms with Gasteiger partial charge in [-0.3, -0.25) is 4.79 Å². The Labute approximate surface area is 114 Å². The lowest BCUT2D eigenvalue weighted by Gasteiger charge is -2.03. The normalized spacial score (nSPS) is 10.2. The van der Waals surface area contributed by atoms with Crippen molar-refractivity contribution >= 4 is 11.9 Å². The Morgan fingerprint density at radius 2 is 2.05 bits per heavy atom. The minimum absolute atomic E-state index is 0.000318. The fourth-order valence-electron chi connectivity index (χ4n) is 1.76. The number of aromatic hydroxyl groups is 1. The second kappa shape index (κ2) is 5.48. The summed E-state index contributed by atoms with van der Waals surface area (Å²) in [7, 11) is 0. The van der Waals surface area contributed by atoms with Gasteiger partial charge in [0.1, 0.15) is 22.8 Å². The summed E-state index contributed by atoms with van der Waals surface area (Å²) in [6.45, 7) is 1.62. The van der Waals surface area contributed by atoms with E-state index in [1.807, 2.05) is 0 Å². The predicted molar refractivity (Wildman–Crippen MR) is 69.7 cm³/mol. The Kier molecular flexibility index (Phi) is 3.74. The summed E-state index contributed by atoms with van der Waals surface area (Å²) < 4.78 is 5.24. The van der Waals surface area contributed by atoms with Gasteiger partial charge in [-0.2, -0.15) is 0 Å². The summed E-state index contributed by atoms with van der Waals surface area (Å²) in [5.41, 5.74) is 0.387. The molecule has 104 valence electrons. The number of aromatic carboxylic acids is 1. The molecule has 6 heteroatoms. The molecule has 3 N–H and O–H groups in total. The van der Waals surface area contributed by atoms with Crippen molar-refractivity contribution in [2.45, 2.75) is 13.5 Å². The maximum Gasteiger partial charge on any atom is 0.339 e. The van der Waals surface area contributed by atoms with E-state index in [1.165, 1.54) is 18.2 Å². The molecule has 0 atom stereocenters. The number of carbonyl (C=O) groups excluding carboxylic acids is 1. The maximum atomic E-state index is 11.8. The summed E-state index contributed by atoms with van der Waals surface area (Å²) in [6, 6.07) is 7.30. The quantitative estimate of drug-likeness (QED) is 0.791. The molecule has 0 radical (unpaired) electrons. The average Bonchev–Trinajstić information content (AvgIpc) is 2.77. The second-order valence-electron chi connectivity index (χ2n) is 4.22. The Balaban J connectivity index is 2.04. The van der Waals surface area contributed by atoms with Crippen molar-refractivity contribution in [2.24, 2.45) is 0 Å². The predicted octanol–water partition coefficient (Wildman–Crippen LogP) is 1.92. The zero-order valence-corrected chi connectivity index (χ0v) is 10.7. The monoisotopic (exact) mass is 275 g/mol. The molecule has 1 amide bonds. The van der Waals surface area contributed by atoms with Crippen LogP contribution in [0.3, 0.4) is 0 Å². The first-order valence-electron chi connectivity index (χ1n) is 5.87. The number of amides is 1. The van der Waals surface area contributed by atoms with Crippen molar-refractivity contribution in [2.75, 3.05) is 0 Å². The molecule has 6 nitrogen and oxygen atoms in total. The van der Waals surface area contributed by atoms with Crippen LogP contribution in [-0.2, 0) is 6.54 Å². The lowest BCUT2D eigenvalue weighted by molar-refractivity contribution is 0.0694. The number of hydrogen-bond acceptors (Lipinski definition) is 4. The van der Waals surface area contributed by atoms with Gasteiger partial charge < -0.3 is 19.9 Å². The van der Waals surface area contributed by atoms with Gasteiger partial charge in [0.15, 0.2) is 0 Å². The van der Waals surface area contributed by atoms with Crippen molar-refractivity contribution < 1.29 is 24.2 Å². The number of furan rings is 1. The highest BCUT2D eigenvalue weighted by Gasteiger charge is 2.14. The summed E-state index contributed by atoms with van der Waals surface area (Å²) in [5, 5.41) is 20.8. The number of carboxylic acids is 1. The minimum atomic E-state index is -1.07. The molecular formula is C14H13NO5. The van der Waals surface area contributed by atoms with E-state index in [1.54, 1.807) is 19.1 Å². The zero-order chi connectivity index (χ0) is 14.7. The molecule has 0 spiro atoms. The third kappa shape index (κ3) is 2.97. The Morgan fingerprint density at radius 3 is 2.65 bits per heavy atom. The molecule has 0 saturated heterocycles. The van der Waals surface area contributed by atoms with E-state index in [9.17, 15) is 14.7 Å². The topological polar surface area (TPSA) is 99.8 Å². The first kappa shape index (κ1) is 13.7. The van der Waals surface area contributed by atoms with Gasteiger partial charge in [-0.05, 0) is 31.2 Å². The van der Waals surface area contributed by atoms with Crippen LogP contribution >= 0.6 is 0 Å². The molecule has 0 saturated carbocycles. The number of phenolic OH excluding ortho intramolecular Hbond substituents is 1. The van der Waals surface area contributed by atoms with Crippen LogP contribution in [0, 0.1) is 6.92 Å². The lowest BCUT2D eigenvalue weighted by atomic mass is 10.2. The maximum absolute atomic E-state index is 11.8. The molecule has 0 unspecified atom stereocenters. The van der Waals surface area contributed by atoms with Crippen LogP contribution < -0.4 is 5.32 Å². The van der Waals surface area contributed by atoms with Crippen molar-refractivity contribution in [3.05, 3.63) is 53.0 Å². The van der Waals surface area contributed by atoms with Crippen LogP contribution in [0.5, 0.6) is 5.75 Å². The van der Waals surface area contributed by atoms with E-state index in [2.05, 4.69) is 5.32 Å². The molecule has 2 aromatic rings. The minimum Gasteiger partial charge on any atom is -0.508 e. The van der Waals surface area contributed by atoms with Crippen LogP contribution in [0.1, 0.15) is 32.2 Å². The highest BCUT2D eigenvalue weighted by molar-refractivity contribution is 5.94. The number of rotatable bonds is 4. The number of benzene rings is 1. The van der Waals surface area contributed by atoms with E-state index in [0.717, 1.165) is 0 Å². The van der Waals surface area contributed by atoms with E-state index in [0.29, 0.717) is 17.1 Å². The van der Waals surface area contributed by atoms with Crippen molar-refractivity contribution in [1.82, 2.24) is 5.32 Å². The number of carboxylic acid groups (broad SMARTS) is 1. The molecule has 20 heavy (non-hydrogen) atoms. The van der Waals surface area contributed by atoms with Gasteiger partial charge in [-0.25, -0.2) is 4.79 Å². The molecule has 0 fully saturated rings. The lowest BCUT2D eigenvalue weighted by Crippen LogP contribution is -2.22. The standard InChI is InChI=1S/C14H13NO5/c1-8-12(14(18)19)6-11(20-8)7-15-13(17)9-3-2-4-10(16)5-9/h2-6,16H,7H2,1H3,(H,15,17)(H,18,19). The van der Waals surface area contributed by atoms with Crippen molar-refractivity contribution in [1.29, 1.82) is 0 Å². The number of hydrogen-bond donors (Lipinski definition) is 3. The Bertz CT molecular complexity index is 659. The molecule has 0 aliphatic rings. The zero-order valence-electron chi connectivity index (χ0n) is 10.7. The van der Waals surface area contributed by atoms with Crippen LogP contribution in [0.25, 0.3) is 0 Å². The average molecular weight is 275 g/mol. The first-order valence-corrected chi connectivity index (χ1v) is 5.87. The molecular weight excluding hydrogens is 262 g/mol. The molecule has 0 aliphatic heterocycles. The van der Waals surface area contributed by atoms with E-state index in [-0.39, 0.29) is 23.8 Å². The van der Waals surface area contributed by atoms with Gasteiger partial charge in [-0.15, -0.1) is 0 Å². The molecule has 0 bridgehead atoms. The van der Waals surface area contributed by atoms with E-state index in [4.69, 9.17) is 9.52 Å². The summed E-state index contributed by atoms with van der Waals surface area (Å²) >= 11 is 0. The van der Waals surface area contributed by atoms with Crippen LogP contribution in [0.2, 0.25) is 0 Å². The fraction of sp³-hybridized carbons (Fsp3) is 0.143. The number of aryl methyl sites for hydroxylation is 1. The molecule has 2 rings (SSSR count). The third-order valence-electron chi connectivity index (χ3n) is 2.73. The van der Waals surface area contributed by atoms with E-state index < -0.39 is 5.97 Å². The summed E-state index contributed by atoms with van der Waals surface area (Å²) in [4.78, 5) is 22.7. The molecule has 1 aromatic heterocycles. The number of nitrogens with one attached hydrogen (secondary N) is 1. The highest BCUT2D eigenvalue weighted by atomic mass is 16.4. The highest BCUT2D eigenvalue weighted by Crippen LogP contribution is 2.15. The van der Waals surface area contributed by atoms with Gasteiger partial charge >= 0.3 is 5.97 Å². The number of carbonyl (C=O) groups is 2. The van der Waals surface area contributed by atoms with Gasteiger partial charge in [-0.1, -0.05) is 6.07 Å². The van der Waals surface area contributed by atoms with Crippen LogP contribution in [0.4, 0.5) is 0 Å². The van der Waals surface area contributed by atoms with Gasteiger partial charge in [0, 0.05) is 5.56 Å². The fourth-order valence-corrected chi connectivity index (χ4v) is 1.76. The Hall–Kier alpha value is -2.76. The summed E-state index contributed by atoms with van der Waals surface area (Å²) in [6.07, 6.45) is 0. The first-order chi connectivity index (χ1) is 9.47. The van der Waals surface area contributed by atoms with Gasteiger partial charge in [0.05, 0.1) is 6.54 Å². The Morgan fingerprint density at radius 1 is 1.30 bits per heavy atom. The second-order valence-corrected chi connectivity index (χ2v) is 4.22. The van der Waals surface area contributed by atoms with Crippen molar-refractivity contribution in [3.63, 3.8) is 0 Å². The van der Waals surface area contributed by atoms with E-state index >= 15 is 0 Å². The van der Waals surface area contributed by atoms with Gasteiger partial charge in [0.2, 0.25) is 0 Å². The molecule has 1 heterocycles. The molecule has 0 aliphatic carbocycles. The largest absolute Gasteiger partial charge is 0.508 e. The third-order valence-corrected chi connectivity index (χ3v) is 2.73. The molecule has 1 aromatic carbocycles. The smallest absolute Gasteiger partial charge is 0.339 e. The van der Waals surface area contributed by atoms with Crippen LogP contribution in [0.15, 0.2) is 34.7 Å². The SMILES string of the molecule is Cc1oc(CNC(=O)c2cccc(O)c2)cc1C(=O)O. The number of phenols is 1.